The summed E-state index contributed by atoms with van der Waals surface area (Å²) >= 11 is 0. The molecule has 0 radical (unpaired) electrons. The van der Waals surface area contributed by atoms with Gasteiger partial charge in [-0.1, -0.05) is 11.3 Å². The van der Waals surface area contributed by atoms with E-state index in [0.29, 0.717) is 28.1 Å². The molecule has 3 rings (SSSR count). The molecule has 0 spiro atoms. The van der Waals surface area contributed by atoms with Crippen molar-refractivity contribution in [1.29, 1.82) is 10.5 Å². The Morgan fingerprint density at radius 1 is 1.04 bits per heavy atom. The summed E-state index contributed by atoms with van der Waals surface area (Å²) in [5, 5.41) is 26.3. The summed E-state index contributed by atoms with van der Waals surface area (Å²) in [7, 11) is 1.56. The SMILES string of the molecule is COc1ccc(C#N)cc1-c1cn(-c2cccc(C#N)c2)nn1. The molecule has 0 saturated carbocycles. The topological polar surface area (TPSA) is 87.5 Å². The molecule has 0 amide bonds. The molecule has 0 aliphatic carbocycles. The van der Waals surface area contributed by atoms with Gasteiger partial charge in [-0.15, -0.1) is 5.10 Å². The molecule has 0 unspecified atom stereocenters. The Morgan fingerprint density at radius 2 is 1.83 bits per heavy atom. The molecule has 0 N–H and O–H groups in total. The van der Waals surface area contributed by atoms with E-state index in [1.54, 1.807) is 54.4 Å². The van der Waals surface area contributed by atoms with E-state index in [2.05, 4.69) is 22.5 Å². The fraction of sp³-hybridized carbons (Fsp3) is 0.0588. The molecule has 0 aliphatic heterocycles. The summed E-state index contributed by atoms with van der Waals surface area (Å²) in [5.74, 6) is 0.613. The van der Waals surface area contributed by atoms with E-state index < -0.39 is 0 Å². The summed E-state index contributed by atoms with van der Waals surface area (Å²) in [6.07, 6.45) is 1.73. The fourth-order valence-corrected chi connectivity index (χ4v) is 2.21. The maximum absolute atomic E-state index is 9.05. The lowest BCUT2D eigenvalue weighted by Crippen LogP contribution is -1.94. The Labute approximate surface area is 132 Å². The van der Waals surface area contributed by atoms with Crippen LogP contribution in [0.1, 0.15) is 11.1 Å². The van der Waals surface area contributed by atoms with E-state index in [-0.39, 0.29) is 0 Å². The summed E-state index contributed by atoms with van der Waals surface area (Å²) in [6, 6.07) is 16.4. The Balaban J connectivity index is 2.06. The Morgan fingerprint density at radius 3 is 2.57 bits per heavy atom. The van der Waals surface area contributed by atoms with Gasteiger partial charge in [-0.05, 0) is 36.4 Å². The van der Waals surface area contributed by atoms with Crippen molar-refractivity contribution in [1.82, 2.24) is 15.0 Å². The first-order valence-electron chi connectivity index (χ1n) is 6.76. The number of hydrogen-bond donors (Lipinski definition) is 0. The largest absolute Gasteiger partial charge is 0.496 e. The van der Waals surface area contributed by atoms with Gasteiger partial charge < -0.3 is 4.74 Å². The zero-order chi connectivity index (χ0) is 16.2. The zero-order valence-corrected chi connectivity index (χ0v) is 12.3. The fourth-order valence-electron chi connectivity index (χ4n) is 2.21. The number of rotatable bonds is 3. The van der Waals surface area contributed by atoms with E-state index in [1.807, 2.05) is 6.07 Å². The number of benzene rings is 2. The van der Waals surface area contributed by atoms with E-state index in [0.717, 1.165) is 5.69 Å². The lowest BCUT2D eigenvalue weighted by molar-refractivity contribution is 0.416. The number of aromatic nitrogens is 3. The standard InChI is InChI=1S/C17H11N5O/c1-23-17-6-5-13(10-19)8-15(17)16-11-22(21-20-16)14-4-2-3-12(7-14)9-18/h2-8,11H,1H3. The van der Waals surface area contributed by atoms with Crippen LogP contribution >= 0.6 is 0 Å². The number of nitriles is 2. The van der Waals surface area contributed by atoms with Crippen LogP contribution in [0, 0.1) is 22.7 Å². The minimum Gasteiger partial charge on any atom is -0.496 e. The first kappa shape index (κ1) is 14.3. The van der Waals surface area contributed by atoms with Crippen molar-refractivity contribution in [3.05, 3.63) is 59.8 Å². The van der Waals surface area contributed by atoms with Gasteiger partial charge in [0.05, 0.1) is 42.3 Å². The lowest BCUT2D eigenvalue weighted by atomic mass is 10.1. The molecule has 0 bridgehead atoms. The van der Waals surface area contributed by atoms with Crippen LogP contribution in [0.25, 0.3) is 16.9 Å². The van der Waals surface area contributed by atoms with Gasteiger partial charge in [-0.2, -0.15) is 10.5 Å². The number of ether oxygens (including phenoxy) is 1. The van der Waals surface area contributed by atoms with Crippen LogP contribution in [-0.4, -0.2) is 22.1 Å². The normalized spacial score (nSPS) is 9.87. The van der Waals surface area contributed by atoms with Crippen molar-refractivity contribution in [3.63, 3.8) is 0 Å². The second kappa shape index (κ2) is 6.00. The number of methoxy groups -OCH3 is 1. The van der Waals surface area contributed by atoms with Crippen LogP contribution in [0.15, 0.2) is 48.7 Å². The van der Waals surface area contributed by atoms with Crippen LogP contribution in [0.4, 0.5) is 0 Å². The maximum atomic E-state index is 9.05. The van der Waals surface area contributed by atoms with Crippen molar-refractivity contribution in [2.45, 2.75) is 0 Å². The molecule has 6 heteroatoms. The van der Waals surface area contributed by atoms with E-state index in [1.165, 1.54) is 0 Å². The first-order chi connectivity index (χ1) is 11.2. The van der Waals surface area contributed by atoms with Crippen molar-refractivity contribution < 1.29 is 4.74 Å². The molecule has 110 valence electrons. The predicted octanol–water partition coefficient (Wildman–Crippen LogP) is 2.69. The van der Waals surface area contributed by atoms with Crippen LogP contribution in [0.2, 0.25) is 0 Å². The van der Waals surface area contributed by atoms with Crippen LogP contribution in [-0.2, 0) is 0 Å². The molecule has 0 saturated heterocycles. The summed E-state index contributed by atoms with van der Waals surface area (Å²) in [6.45, 7) is 0. The Hall–Kier alpha value is -3.64. The molecule has 3 aromatic rings. The summed E-state index contributed by atoms with van der Waals surface area (Å²) in [5.41, 5.74) is 3.07. The van der Waals surface area contributed by atoms with Gasteiger partial charge in [0.2, 0.25) is 0 Å². The minimum absolute atomic E-state index is 0.516. The molecule has 2 aromatic carbocycles. The number of nitrogens with zero attached hydrogens (tertiary/aromatic N) is 5. The van der Waals surface area contributed by atoms with Crippen LogP contribution in [0.5, 0.6) is 5.75 Å². The van der Waals surface area contributed by atoms with Crippen molar-refractivity contribution >= 4 is 0 Å². The molecular weight excluding hydrogens is 290 g/mol. The Bertz CT molecular complexity index is 946. The van der Waals surface area contributed by atoms with Gasteiger partial charge in [0.1, 0.15) is 11.4 Å². The lowest BCUT2D eigenvalue weighted by Gasteiger charge is -2.05. The number of hydrogen-bond acceptors (Lipinski definition) is 5. The molecule has 23 heavy (non-hydrogen) atoms. The average molecular weight is 301 g/mol. The summed E-state index contributed by atoms with van der Waals surface area (Å²) < 4.78 is 6.90. The Kier molecular flexibility index (Phi) is 3.73. The van der Waals surface area contributed by atoms with Gasteiger partial charge in [0, 0.05) is 5.56 Å². The monoisotopic (exact) mass is 301 g/mol. The quantitative estimate of drug-likeness (QED) is 0.742. The second-order valence-electron chi connectivity index (χ2n) is 4.74. The third-order valence-corrected chi connectivity index (χ3v) is 3.34. The molecule has 0 fully saturated rings. The molecular formula is C17H11N5O. The van der Waals surface area contributed by atoms with E-state index in [9.17, 15) is 0 Å². The molecule has 1 aromatic heterocycles. The van der Waals surface area contributed by atoms with Crippen LogP contribution in [0.3, 0.4) is 0 Å². The predicted molar refractivity (Wildman–Crippen MR) is 82.8 cm³/mol. The molecule has 0 atom stereocenters. The highest BCUT2D eigenvalue weighted by Crippen LogP contribution is 2.29. The van der Waals surface area contributed by atoms with Gasteiger partial charge in [-0.3, -0.25) is 0 Å². The highest BCUT2D eigenvalue weighted by Gasteiger charge is 2.12. The van der Waals surface area contributed by atoms with E-state index in [4.69, 9.17) is 15.3 Å². The third kappa shape index (κ3) is 2.74. The summed E-state index contributed by atoms with van der Waals surface area (Å²) in [4.78, 5) is 0. The van der Waals surface area contributed by atoms with Crippen molar-refractivity contribution in [2.75, 3.05) is 7.11 Å². The second-order valence-corrected chi connectivity index (χ2v) is 4.74. The zero-order valence-electron chi connectivity index (χ0n) is 12.3. The average Bonchev–Trinajstić information content (AvgIpc) is 3.11. The highest BCUT2D eigenvalue weighted by molar-refractivity contribution is 5.68. The molecule has 6 nitrogen and oxygen atoms in total. The highest BCUT2D eigenvalue weighted by atomic mass is 16.5. The first-order valence-corrected chi connectivity index (χ1v) is 6.76. The van der Waals surface area contributed by atoms with Gasteiger partial charge in [-0.25, -0.2) is 4.68 Å². The van der Waals surface area contributed by atoms with Crippen molar-refractivity contribution in [2.24, 2.45) is 0 Å². The van der Waals surface area contributed by atoms with E-state index >= 15 is 0 Å². The van der Waals surface area contributed by atoms with Gasteiger partial charge in [0.15, 0.2) is 0 Å². The van der Waals surface area contributed by atoms with Crippen molar-refractivity contribution in [3.8, 4) is 34.8 Å². The smallest absolute Gasteiger partial charge is 0.128 e. The molecule has 1 heterocycles. The van der Waals surface area contributed by atoms with Crippen LogP contribution < -0.4 is 4.74 Å². The van der Waals surface area contributed by atoms with Gasteiger partial charge in [0.25, 0.3) is 0 Å². The van der Waals surface area contributed by atoms with Gasteiger partial charge >= 0.3 is 0 Å². The maximum Gasteiger partial charge on any atom is 0.128 e. The minimum atomic E-state index is 0.516. The molecule has 0 aliphatic rings. The third-order valence-electron chi connectivity index (χ3n) is 3.34.